The Morgan fingerprint density at radius 2 is 1.41 bits per heavy atom. The molecule has 0 atom stereocenters. The Balaban J connectivity index is 0.00000115. The topological polar surface area (TPSA) is 80.7 Å². The number of rotatable bonds is 7. The van der Waals surface area contributed by atoms with Crippen molar-refractivity contribution < 1.29 is 14.4 Å². The summed E-state index contributed by atoms with van der Waals surface area (Å²) in [6.45, 7) is 12.1. The minimum Gasteiger partial charge on any atom is -0.867 e. The van der Waals surface area contributed by atoms with E-state index in [4.69, 9.17) is 9.58 Å². The lowest BCUT2D eigenvalue weighted by atomic mass is 9.97. The van der Waals surface area contributed by atoms with Gasteiger partial charge in [-0.15, -0.1) is 0 Å². The van der Waals surface area contributed by atoms with E-state index >= 15 is 0 Å². The Labute approximate surface area is 225 Å². The second kappa shape index (κ2) is 14.8. The molecule has 0 aliphatic carbocycles. The van der Waals surface area contributed by atoms with E-state index in [9.17, 15) is 10.2 Å². The smallest absolute Gasteiger partial charge is 0.378 e. The molecule has 0 aliphatic rings. The molecule has 37 heavy (non-hydrogen) atoms. The number of phenolic OH excluding ortho intramolecular Hbond substituents is 1. The van der Waals surface area contributed by atoms with Gasteiger partial charge in [0.05, 0.1) is 16.9 Å². The van der Waals surface area contributed by atoms with Gasteiger partial charge in [-0.3, -0.25) is 0 Å². The quantitative estimate of drug-likeness (QED) is 0.196. The van der Waals surface area contributed by atoms with Crippen LogP contribution in [0.1, 0.15) is 63.8 Å². The Morgan fingerprint density at radius 3 is 2.05 bits per heavy atom. The fourth-order valence-electron chi connectivity index (χ4n) is 3.98. The van der Waals surface area contributed by atoms with E-state index in [1.54, 1.807) is 6.07 Å². The van der Waals surface area contributed by atoms with Gasteiger partial charge in [0, 0.05) is 18.1 Å². The zero-order chi connectivity index (χ0) is 27.4. The molecule has 0 bridgehead atoms. The van der Waals surface area contributed by atoms with Crippen LogP contribution in [0.15, 0.2) is 71.6 Å². The van der Waals surface area contributed by atoms with Gasteiger partial charge in [0.2, 0.25) is 5.39 Å². The Bertz CT molecular complexity index is 1360. The molecule has 4 rings (SSSR count). The molecule has 0 saturated heterocycles. The molecule has 194 valence electrons. The first kappa shape index (κ1) is 29.5. The molecule has 0 aliphatic heterocycles. The number of aryl methyl sites for hydroxylation is 2. The number of benzene rings is 4. The average Bonchev–Trinajstić information content (AvgIpc) is 2.95. The lowest BCUT2D eigenvalue weighted by Crippen LogP contribution is -1.99. The Kier molecular flexibility index (Phi) is 11.8. The van der Waals surface area contributed by atoms with Crippen LogP contribution in [0, 0.1) is 5.39 Å². The van der Waals surface area contributed by atoms with Crippen LogP contribution >= 0.6 is 12.0 Å². The third-order valence-corrected chi connectivity index (χ3v) is 6.56. The van der Waals surface area contributed by atoms with Crippen molar-refractivity contribution in [3.05, 3.63) is 94.0 Å². The zero-order valence-electron chi connectivity index (χ0n) is 22.5. The minimum atomic E-state index is -0.341. The summed E-state index contributed by atoms with van der Waals surface area (Å²) >= 11 is 1.12. The number of phenols is 1. The number of diazo groups is 1. The van der Waals surface area contributed by atoms with Crippen LogP contribution in [0.2, 0.25) is 0 Å². The third-order valence-electron chi connectivity index (χ3n) is 5.79. The maximum atomic E-state index is 12.8. The van der Waals surface area contributed by atoms with Gasteiger partial charge in [-0.05, 0) is 58.2 Å². The summed E-state index contributed by atoms with van der Waals surface area (Å²) in [5.74, 6) is 0.719. The van der Waals surface area contributed by atoms with Crippen LogP contribution in [0.5, 0.6) is 17.2 Å². The number of hydrogen-bond donors (Lipinski definition) is 1. The maximum Gasteiger partial charge on any atom is 0.378 e. The molecule has 0 aromatic heterocycles. The fourth-order valence-corrected chi connectivity index (χ4v) is 4.79. The van der Waals surface area contributed by atoms with Crippen LogP contribution in [-0.2, 0) is 19.3 Å². The first-order valence-corrected chi connectivity index (χ1v) is 13.6. The highest BCUT2D eigenvalue weighted by molar-refractivity contribution is 7.95. The molecule has 6 heteroatoms. The van der Waals surface area contributed by atoms with Crippen LogP contribution in [-0.4, -0.2) is 5.11 Å². The van der Waals surface area contributed by atoms with E-state index in [1.165, 1.54) is 6.07 Å². The van der Waals surface area contributed by atoms with Crippen molar-refractivity contribution in [2.75, 3.05) is 0 Å². The van der Waals surface area contributed by atoms with E-state index in [-0.39, 0.29) is 11.4 Å². The molecule has 0 spiro atoms. The highest BCUT2D eigenvalue weighted by Gasteiger charge is 2.16. The van der Waals surface area contributed by atoms with Gasteiger partial charge in [-0.2, -0.15) is 0 Å². The van der Waals surface area contributed by atoms with Gasteiger partial charge in [0.1, 0.15) is 11.5 Å². The van der Waals surface area contributed by atoms with Crippen molar-refractivity contribution in [1.29, 1.82) is 5.39 Å². The monoisotopic (exact) mass is 516 g/mol. The predicted octanol–water partition coefficient (Wildman–Crippen LogP) is 8.96. The lowest BCUT2D eigenvalue weighted by molar-refractivity contribution is -0.264. The van der Waals surface area contributed by atoms with E-state index in [1.807, 2.05) is 89.2 Å². The van der Waals surface area contributed by atoms with Crippen molar-refractivity contribution in [2.24, 2.45) is 0 Å². The molecule has 1 N–H and O–H groups in total. The summed E-state index contributed by atoms with van der Waals surface area (Å²) in [6.07, 6.45) is 2.06. The van der Waals surface area contributed by atoms with Gasteiger partial charge < -0.3 is 14.4 Å². The zero-order valence-corrected chi connectivity index (χ0v) is 23.4. The molecule has 4 aromatic carbocycles. The van der Waals surface area contributed by atoms with E-state index < -0.39 is 0 Å². The maximum absolute atomic E-state index is 12.8. The normalized spacial score (nSPS) is 9.97. The summed E-state index contributed by atoms with van der Waals surface area (Å²) in [5.41, 5.74) is 3.76. The summed E-state index contributed by atoms with van der Waals surface area (Å²) in [5, 5.41) is 33.8. The number of aromatic hydroxyl groups is 1. The van der Waals surface area contributed by atoms with Crippen LogP contribution in [0.25, 0.3) is 15.7 Å². The highest BCUT2D eigenvalue weighted by Crippen LogP contribution is 2.41. The molecule has 0 fully saturated rings. The minimum absolute atomic E-state index is 0.00326. The van der Waals surface area contributed by atoms with Crippen molar-refractivity contribution in [3.63, 3.8) is 0 Å². The van der Waals surface area contributed by atoms with E-state index in [0.29, 0.717) is 22.5 Å². The molecule has 0 saturated carbocycles. The predicted molar refractivity (Wildman–Crippen MR) is 153 cm³/mol. The molecule has 0 heterocycles. The van der Waals surface area contributed by atoms with Gasteiger partial charge in [-0.25, -0.2) is 0 Å². The SMILES string of the molecule is CC.CC.CCc1cccc(Cc2cccc(CC)c2OSc2cccc3ccc([N+]#N)c([O-])c23)c1O. The molecular weight excluding hydrogens is 480 g/mol. The summed E-state index contributed by atoms with van der Waals surface area (Å²) in [6, 6.07) is 20.6. The average molecular weight is 517 g/mol. The second-order valence-electron chi connectivity index (χ2n) is 7.75. The number of para-hydroxylation sites is 2. The largest absolute Gasteiger partial charge is 0.867 e. The number of fused-ring (bicyclic) bond motifs is 1. The summed E-state index contributed by atoms with van der Waals surface area (Å²) in [7, 11) is 0. The van der Waals surface area contributed by atoms with Gasteiger partial charge in [0.25, 0.3) is 0 Å². The highest BCUT2D eigenvalue weighted by atomic mass is 32.2. The first-order chi connectivity index (χ1) is 18.1. The van der Waals surface area contributed by atoms with Crippen LogP contribution in [0.3, 0.4) is 0 Å². The summed E-state index contributed by atoms with van der Waals surface area (Å²) < 4.78 is 6.25. The molecule has 0 amide bonds. The van der Waals surface area contributed by atoms with E-state index in [0.717, 1.165) is 58.3 Å². The van der Waals surface area contributed by atoms with Crippen molar-refractivity contribution in [1.82, 2.24) is 0 Å². The lowest BCUT2D eigenvalue weighted by Gasteiger charge is -2.17. The third kappa shape index (κ3) is 6.75. The van der Waals surface area contributed by atoms with E-state index in [2.05, 4.69) is 11.9 Å². The fraction of sp³-hybridized carbons (Fsp3) is 0.290. The number of nitrogens with zero attached hydrogens (tertiary/aromatic N) is 2. The van der Waals surface area contributed by atoms with Gasteiger partial charge in [0.15, 0.2) is 4.98 Å². The summed E-state index contributed by atoms with van der Waals surface area (Å²) in [4.78, 5) is 3.75. The molecule has 0 unspecified atom stereocenters. The molecule has 4 aromatic rings. The van der Waals surface area contributed by atoms with Gasteiger partial charge >= 0.3 is 5.69 Å². The van der Waals surface area contributed by atoms with Crippen LogP contribution < -0.4 is 9.29 Å². The van der Waals surface area contributed by atoms with Crippen LogP contribution in [0.4, 0.5) is 5.69 Å². The Morgan fingerprint density at radius 1 is 0.811 bits per heavy atom. The van der Waals surface area contributed by atoms with Gasteiger partial charge in [-0.1, -0.05) is 90.1 Å². The molecule has 0 radical (unpaired) electrons. The Hall–Kier alpha value is -3.69. The molecular formula is C31H36N2O3S. The number of hydrogen-bond acceptors (Lipinski definition) is 5. The second-order valence-corrected chi connectivity index (χ2v) is 8.52. The molecule has 5 nitrogen and oxygen atoms in total. The first-order valence-electron chi connectivity index (χ1n) is 12.9. The standard InChI is InChI=1S/C27H24N2O3S.2C2H6/c1-3-17-8-5-11-20(25(17)30)16-21-12-6-9-18(4-2)27(21)32-33-23-13-7-10-19-14-15-22(29-28)26(31)24(19)23;2*1-2/h5-15H,3-4,16H2,1-2H3,(H-,30,31);2*1-2H3. The van der Waals surface area contributed by atoms with Crippen molar-refractivity contribution in [3.8, 4) is 17.2 Å². The van der Waals surface area contributed by atoms with Crippen molar-refractivity contribution >= 4 is 28.5 Å². The van der Waals surface area contributed by atoms with Crippen molar-refractivity contribution in [2.45, 2.75) is 65.7 Å².